The van der Waals surface area contributed by atoms with Crippen molar-refractivity contribution in [2.75, 3.05) is 12.9 Å². The first kappa shape index (κ1) is 16.8. The molecule has 3 rings (SSSR count). The molecule has 7 heteroatoms. The van der Waals surface area contributed by atoms with Crippen LogP contribution < -0.4 is 10.1 Å². The van der Waals surface area contributed by atoms with Crippen LogP contribution in [0.25, 0.3) is 11.4 Å². The second kappa shape index (κ2) is 7.25. The number of nitrogens with one attached hydrogen (secondary N) is 1. The third kappa shape index (κ3) is 3.72. The summed E-state index contributed by atoms with van der Waals surface area (Å²) in [5.41, 5.74) is 0.883. The number of para-hydroxylation sites is 1. The van der Waals surface area contributed by atoms with Crippen molar-refractivity contribution in [3.8, 4) is 17.1 Å². The zero-order chi connectivity index (χ0) is 17.1. The van der Waals surface area contributed by atoms with Crippen molar-refractivity contribution in [3.63, 3.8) is 0 Å². The lowest BCUT2D eigenvalue weighted by Crippen LogP contribution is -2.35. The summed E-state index contributed by atoms with van der Waals surface area (Å²) in [5, 5.41) is 12.2. The fraction of sp³-hybridized carbons (Fsp3) is 0.471. The number of aromatic nitrogens is 3. The Kier molecular flexibility index (Phi) is 5.08. The monoisotopic (exact) mass is 346 g/mol. The highest BCUT2D eigenvalue weighted by Crippen LogP contribution is 2.32. The fourth-order valence-electron chi connectivity index (χ4n) is 2.64. The highest BCUT2D eigenvalue weighted by molar-refractivity contribution is 7.99. The third-order valence-electron chi connectivity index (χ3n) is 4.23. The highest BCUT2D eigenvalue weighted by atomic mass is 32.2. The zero-order valence-electron chi connectivity index (χ0n) is 14.2. The summed E-state index contributed by atoms with van der Waals surface area (Å²) in [7, 11) is 3.53. The molecule has 1 saturated carbocycles. The van der Waals surface area contributed by atoms with Crippen LogP contribution in [0.1, 0.15) is 19.8 Å². The van der Waals surface area contributed by atoms with Crippen LogP contribution in [0.3, 0.4) is 0 Å². The summed E-state index contributed by atoms with van der Waals surface area (Å²) >= 11 is 1.39. The van der Waals surface area contributed by atoms with Gasteiger partial charge in [0.15, 0.2) is 11.0 Å². The molecule has 1 aliphatic rings. The van der Waals surface area contributed by atoms with Crippen LogP contribution in [0.2, 0.25) is 0 Å². The summed E-state index contributed by atoms with van der Waals surface area (Å²) in [5.74, 6) is 2.52. The molecular weight excluding hydrogens is 324 g/mol. The molecule has 1 N–H and O–H groups in total. The lowest BCUT2D eigenvalue weighted by atomic mass is 10.2. The van der Waals surface area contributed by atoms with Gasteiger partial charge in [-0.3, -0.25) is 4.79 Å². The Morgan fingerprint density at radius 2 is 2.17 bits per heavy atom. The summed E-state index contributed by atoms with van der Waals surface area (Å²) in [6, 6.07) is 7.96. The van der Waals surface area contributed by atoms with Gasteiger partial charge in [-0.1, -0.05) is 23.9 Å². The normalized spacial score (nSPS) is 15.1. The predicted octanol–water partition coefficient (Wildman–Crippen LogP) is 2.50. The van der Waals surface area contributed by atoms with E-state index >= 15 is 0 Å². The molecule has 0 saturated heterocycles. The van der Waals surface area contributed by atoms with Crippen molar-refractivity contribution in [1.82, 2.24) is 20.1 Å². The second-order valence-electron chi connectivity index (χ2n) is 6.05. The van der Waals surface area contributed by atoms with Crippen LogP contribution in [0, 0.1) is 5.92 Å². The van der Waals surface area contributed by atoms with Gasteiger partial charge < -0.3 is 14.6 Å². The van der Waals surface area contributed by atoms with Gasteiger partial charge in [0.05, 0.1) is 18.4 Å². The number of thioether (sulfide) groups is 1. The number of benzene rings is 1. The smallest absolute Gasteiger partial charge is 0.230 e. The van der Waals surface area contributed by atoms with Crippen LogP contribution in [-0.2, 0) is 11.8 Å². The number of nitrogens with zero attached hydrogens (tertiary/aromatic N) is 3. The van der Waals surface area contributed by atoms with E-state index in [0.717, 1.165) is 17.1 Å². The molecule has 1 amide bonds. The van der Waals surface area contributed by atoms with E-state index in [9.17, 15) is 4.79 Å². The number of methoxy groups -OCH3 is 1. The molecule has 1 aliphatic carbocycles. The van der Waals surface area contributed by atoms with Crippen molar-refractivity contribution in [2.45, 2.75) is 31.0 Å². The Labute approximate surface area is 146 Å². The molecule has 24 heavy (non-hydrogen) atoms. The summed E-state index contributed by atoms with van der Waals surface area (Å²) < 4.78 is 7.27. The first-order chi connectivity index (χ1) is 11.6. The van der Waals surface area contributed by atoms with Crippen LogP contribution in [-0.4, -0.2) is 39.6 Å². The van der Waals surface area contributed by atoms with Crippen molar-refractivity contribution in [3.05, 3.63) is 24.3 Å². The number of amides is 1. The average Bonchev–Trinajstić information content (AvgIpc) is 3.37. The molecule has 0 radical (unpaired) electrons. The minimum absolute atomic E-state index is 0.0428. The van der Waals surface area contributed by atoms with Crippen molar-refractivity contribution < 1.29 is 9.53 Å². The maximum absolute atomic E-state index is 12.0. The van der Waals surface area contributed by atoms with Crippen LogP contribution >= 0.6 is 11.8 Å². The second-order valence-corrected chi connectivity index (χ2v) is 6.99. The minimum Gasteiger partial charge on any atom is -0.496 e. The standard InChI is InChI=1S/C17H22N4O2S/c1-11(12-8-9-12)18-15(22)10-24-17-20-19-16(21(17)2)13-6-4-5-7-14(13)23-3/h4-7,11-12H,8-10H2,1-3H3,(H,18,22)/t11-/m1/s1. The van der Waals surface area contributed by atoms with E-state index in [4.69, 9.17) is 4.74 Å². The Balaban J connectivity index is 1.65. The zero-order valence-corrected chi connectivity index (χ0v) is 15.0. The van der Waals surface area contributed by atoms with E-state index in [1.807, 2.05) is 35.9 Å². The van der Waals surface area contributed by atoms with Crippen molar-refractivity contribution in [2.24, 2.45) is 13.0 Å². The van der Waals surface area contributed by atoms with Gasteiger partial charge in [0.1, 0.15) is 5.75 Å². The average molecular weight is 346 g/mol. The maximum Gasteiger partial charge on any atom is 0.230 e. The number of hydrogen-bond donors (Lipinski definition) is 1. The summed E-state index contributed by atoms with van der Waals surface area (Å²) in [6.07, 6.45) is 2.44. The molecule has 1 heterocycles. The van der Waals surface area contributed by atoms with E-state index < -0.39 is 0 Å². The van der Waals surface area contributed by atoms with Gasteiger partial charge in [-0.25, -0.2) is 0 Å². The third-order valence-corrected chi connectivity index (χ3v) is 5.25. The molecular formula is C17H22N4O2S. The van der Waals surface area contributed by atoms with Gasteiger partial charge in [0.2, 0.25) is 5.91 Å². The van der Waals surface area contributed by atoms with Gasteiger partial charge in [-0.05, 0) is 37.8 Å². The van der Waals surface area contributed by atoms with Crippen LogP contribution in [0.15, 0.2) is 29.4 Å². The Morgan fingerprint density at radius 1 is 1.42 bits per heavy atom. The minimum atomic E-state index is 0.0428. The number of carbonyl (C=O) groups excluding carboxylic acids is 1. The van der Waals surface area contributed by atoms with Crippen LogP contribution in [0.5, 0.6) is 5.75 Å². The lowest BCUT2D eigenvalue weighted by Gasteiger charge is -2.12. The van der Waals surface area contributed by atoms with Gasteiger partial charge in [-0.2, -0.15) is 0 Å². The van der Waals surface area contributed by atoms with Gasteiger partial charge >= 0.3 is 0 Å². The van der Waals surface area contributed by atoms with E-state index in [2.05, 4.69) is 22.4 Å². The molecule has 0 aliphatic heterocycles. The number of carbonyl (C=O) groups is 1. The Hall–Kier alpha value is -2.02. The molecule has 0 bridgehead atoms. The van der Waals surface area contributed by atoms with E-state index in [1.54, 1.807) is 7.11 Å². The molecule has 1 fully saturated rings. The topological polar surface area (TPSA) is 69.0 Å². The predicted molar refractivity (Wildman–Crippen MR) is 94.0 cm³/mol. The first-order valence-corrected chi connectivity index (χ1v) is 9.03. The molecule has 2 aromatic rings. The largest absolute Gasteiger partial charge is 0.496 e. The lowest BCUT2D eigenvalue weighted by molar-refractivity contribution is -0.119. The summed E-state index contributed by atoms with van der Waals surface area (Å²) in [4.78, 5) is 12.0. The fourth-order valence-corrected chi connectivity index (χ4v) is 3.37. The maximum atomic E-state index is 12.0. The molecule has 1 atom stereocenters. The molecule has 1 aromatic heterocycles. The molecule has 0 unspecified atom stereocenters. The molecule has 0 spiro atoms. The molecule has 1 aromatic carbocycles. The van der Waals surface area contributed by atoms with Gasteiger partial charge in [0, 0.05) is 13.1 Å². The van der Waals surface area contributed by atoms with E-state index in [0.29, 0.717) is 16.8 Å². The van der Waals surface area contributed by atoms with Gasteiger partial charge in [0.25, 0.3) is 0 Å². The quantitative estimate of drug-likeness (QED) is 0.780. The number of rotatable bonds is 7. The first-order valence-electron chi connectivity index (χ1n) is 8.05. The Bertz CT molecular complexity index is 727. The SMILES string of the molecule is COc1ccccc1-c1nnc(SCC(=O)N[C@H](C)C2CC2)n1C. The number of ether oxygens (including phenoxy) is 1. The van der Waals surface area contributed by atoms with E-state index in [-0.39, 0.29) is 11.9 Å². The van der Waals surface area contributed by atoms with Gasteiger partial charge in [-0.15, -0.1) is 10.2 Å². The Morgan fingerprint density at radius 3 is 2.88 bits per heavy atom. The van der Waals surface area contributed by atoms with Crippen molar-refractivity contribution >= 4 is 17.7 Å². The van der Waals surface area contributed by atoms with Crippen LogP contribution in [0.4, 0.5) is 0 Å². The molecule has 6 nitrogen and oxygen atoms in total. The van der Waals surface area contributed by atoms with Crippen molar-refractivity contribution in [1.29, 1.82) is 0 Å². The van der Waals surface area contributed by atoms with E-state index in [1.165, 1.54) is 24.6 Å². The number of hydrogen-bond acceptors (Lipinski definition) is 5. The molecule has 128 valence electrons. The highest BCUT2D eigenvalue weighted by Gasteiger charge is 2.28. The summed E-state index contributed by atoms with van der Waals surface area (Å²) in [6.45, 7) is 2.07.